The number of oxazole rings is 1. The smallest absolute Gasteiger partial charge is 0.323 e. The minimum Gasteiger partial charge on any atom is -0.436 e. The molecule has 0 saturated heterocycles. The highest BCUT2D eigenvalue weighted by atomic mass is 19.1. The van der Waals surface area contributed by atoms with Crippen molar-refractivity contribution in [2.75, 3.05) is 10.6 Å². The van der Waals surface area contributed by atoms with E-state index in [4.69, 9.17) is 4.42 Å². The van der Waals surface area contributed by atoms with Gasteiger partial charge in [-0.3, -0.25) is 0 Å². The van der Waals surface area contributed by atoms with Crippen LogP contribution in [0.1, 0.15) is 11.1 Å². The first-order chi connectivity index (χ1) is 13.5. The number of hydrogen-bond acceptors (Lipinski definition) is 3. The van der Waals surface area contributed by atoms with Crippen molar-refractivity contribution < 1.29 is 13.6 Å². The number of halogens is 1. The third kappa shape index (κ3) is 3.71. The molecule has 5 nitrogen and oxygen atoms in total. The van der Waals surface area contributed by atoms with Crippen LogP contribution in [-0.2, 0) is 0 Å². The molecule has 0 aliphatic carbocycles. The monoisotopic (exact) mass is 375 g/mol. The number of benzene rings is 3. The molecule has 4 aromatic rings. The molecule has 6 heteroatoms. The molecule has 2 amide bonds. The maximum atomic E-state index is 14.5. The van der Waals surface area contributed by atoms with Crippen LogP contribution in [0.2, 0.25) is 0 Å². The second kappa shape index (κ2) is 7.15. The fourth-order valence-corrected chi connectivity index (χ4v) is 2.83. The fraction of sp³-hybridized carbons (Fsp3) is 0.0909. The van der Waals surface area contributed by atoms with Crippen molar-refractivity contribution in [2.24, 2.45) is 0 Å². The third-order valence-electron chi connectivity index (χ3n) is 4.32. The van der Waals surface area contributed by atoms with Crippen LogP contribution < -0.4 is 10.6 Å². The van der Waals surface area contributed by atoms with Gasteiger partial charge < -0.3 is 15.1 Å². The van der Waals surface area contributed by atoms with Crippen LogP contribution in [0.4, 0.5) is 20.6 Å². The summed E-state index contributed by atoms with van der Waals surface area (Å²) in [5.41, 5.74) is 4.70. The van der Waals surface area contributed by atoms with Crippen molar-refractivity contribution in [3.05, 3.63) is 77.6 Å². The second-order valence-corrected chi connectivity index (χ2v) is 6.63. The second-order valence-electron chi connectivity index (χ2n) is 6.63. The maximum absolute atomic E-state index is 14.5. The quantitative estimate of drug-likeness (QED) is 0.469. The molecule has 0 unspecified atom stereocenters. The molecule has 1 aromatic heterocycles. The molecule has 0 atom stereocenters. The fourth-order valence-electron chi connectivity index (χ4n) is 2.83. The number of aromatic nitrogens is 1. The summed E-state index contributed by atoms with van der Waals surface area (Å²) in [6.07, 6.45) is 0. The Hall–Kier alpha value is -3.67. The molecule has 0 aliphatic heterocycles. The molecule has 0 saturated carbocycles. The van der Waals surface area contributed by atoms with Crippen LogP contribution in [0.15, 0.2) is 65.1 Å². The number of carbonyl (C=O) groups is 1. The minimum atomic E-state index is -0.574. The summed E-state index contributed by atoms with van der Waals surface area (Å²) in [5.74, 6) is -0.245. The molecule has 28 heavy (non-hydrogen) atoms. The Morgan fingerprint density at radius 3 is 2.43 bits per heavy atom. The third-order valence-corrected chi connectivity index (χ3v) is 4.32. The first-order valence-electron chi connectivity index (χ1n) is 8.80. The van der Waals surface area contributed by atoms with Gasteiger partial charge in [0.05, 0.1) is 5.69 Å². The van der Waals surface area contributed by atoms with Crippen molar-refractivity contribution in [3.8, 4) is 11.5 Å². The number of nitrogens with one attached hydrogen (secondary N) is 2. The number of anilines is 2. The summed E-state index contributed by atoms with van der Waals surface area (Å²) in [7, 11) is 0. The predicted molar refractivity (Wildman–Crippen MR) is 108 cm³/mol. The normalized spacial score (nSPS) is 10.8. The van der Waals surface area contributed by atoms with Gasteiger partial charge in [0, 0.05) is 11.3 Å². The molecular weight excluding hydrogens is 357 g/mol. The maximum Gasteiger partial charge on any atom is 0.323 e. The Kier molecular flexibility index (Phi) is 4.53. The molecule has 140 valence electrons. The molecule has 0 radical (unpaired) electrons. The number of aryl methyl sites for hydroxylation is 2. The van der Waals surface area contributed by atoms with Gasteiger partial charge in [0.25, 0.3) is 0 Å². The standard InChI is InChI=1S/C22H18FN3O2/c1-13-3-7-16(8-4-13)24-22(27)26-18-9-6-15(12-17(18)23)21-25-19-11-14(2)5-10-20(19)28-21/h3-12H,1-2H3,(H2,24,26,27). The molecular formula is C22H18FN3O2. The van der Waals surface area contributed by atoms with Gasteiger partial charge in [-0.2, -0.15) is 0 Å². The van der Waals surface area contributed by atoms with Crippen molar-refractivity contribution in [3.63, 3.8) is 0 Å². The lowest BCUT2D eigenvalue weighted by Gasteiger charge is -2.09. The lowest BCUT2D eigenvalue weighted by atomic mass is 10.2. The van der Waals surface area contributed by atoms with E-state index in [0.717, 1.165) is 16.6 Å². The molecule has 2 N–H and O–H groups in total. The number of urea groups is 1. The van der Waals surface area contributed by atoms with Gasteiger partial charge in [-0.05, 0) is 61.9 Å². The van der Waals surface area contributed by atoms with E-state index in [1.54, 1.807) is 18.2 Å². The summed E-state index contributed by atoms with van der Waals surface area (Å²) >= 11 is 0. The van der Waals surface area contributed by atoms with Crippen LogP contribution >= 0.6 is 0 Å². The van der Waals surface area contributed by atoms with Gasteiger partial charge in [0.15, 0.2) is 5.58 Å². The predicted octanol–water partition coefficient (Wildman–Crippen LogP) is 5.89. The van der Waals surface area contributed by atoms with E-state index in [9.17, 15) is 9.18 Å². The Morgan fingerprint density at radius 1 is 0.929 bits per heavy atom. The molecule has 1 heterocycles. The van der Waals surface area contributed by atoms with Gasteiger partial charge in [0.1, 0.15) is 11.3 Å². The summed E-state index contributed by atoms with van der Waals surface area (Å²) in [6.45, 7) is 3.92. The van der Waals surface area contributed by atoms with Crippen molar-refractivity contribution in [1.82, 2.24) is 4.98 Å². The zero-order valence-corrected chi connectivity index (χ0v) is 15.4. The van der Waals surface area contributed by atoms with E-state index in [-0.39, 0.29) is 5.69 Å². The van der Waals surface area contributed by atoms with Crippen molar-refractivity contribution >= 4 is 28.5 Å². The summed E-state index contributed by atoms with van der Waals surface area (Å²) in [4.78, 5) is 16.5. The molecule has 0 fully saturated rings. The van der Waals surface area contributed by atoms with Gasteiger partial charge in [-0.25, -0.2) is 14.2 Å². The van der Waals surface area contributed by atoms with E-state index >= 15 is 0 Å². The van der Waals surface area contributed by atoms with E-state index in [1.165, 1.54) is 12.1 Å². The van der Waals surface area contributed by atoms with Crippen LogP contribution in [0.25, 0.3) is 22.6 Å². The van der Waals surface area contributed by atoms with Crippen LogP contribution in [0, 0.1) is 19.7 Å². The highest BCUT2D eigenvalue weighted by Gasteiger charge is 2.13. The number of hydrogen-bond donors (Lipinski definition) is 2. The van der Waals surface area contributed by atoms with Crippen molar-refractivity contribution in [1.29, 1.82) is 0 Å². The van der Waals surface area contributed by atoms with Gasteiger partial charge in [0.2, 0.25) is 5.89 Å². The first kappa shape index (κ1) is 17.7. The number of rotatable bonds is 3. The van der Waals surface area contributed by atoms with Crippen LogP contribution in [0.5, 0.6) is 0 Å². The molecule has 3 aromatic carbocycles. The number of fused-ring (bicyclic) bond motifs is 1. The summed E-state index contributed by atoms with van der Waals surface area (Å²) < 4.78 is 20.2. The molecule has 0 bridgehead atoms. The summed E-state index contributed by atoms with van der Waals surface area (Å²) in [6, 6.07) is 16.9. The average Bonchev–Trinajstić information content (AvgIpc) is 3.08. The van der Waals surface area contributed by atoms with Crippen molar-refractivity contribution in [2.45, 2.75) is 13.8 Å². The Balaban J connectivity index is 1.52. The van der Waals surface area contributed by atoms with E-state index in [0.29, 0.717) is 22.7 Å². The zero-order chi connectivity index (χ0) is 19.7. The zero-order valence-electron chi connectivity index (χ0n) is 15.4. The topological polar surface area (TPSA) is 67.2 Å². The van der Waals surface area contributed by atoms with E-state index in [2.05, 4.69) is 15.6 Å². The number of nitrogens with zero attached hydrogens (tertiary/aromatic N) is 1. The van der Waals surface area contributed by atoms with Crippen LogP contribution in [0.3, 0.4) is 0 Å². The Labute approximate surface area is 161 Å². The van der Waals surface area contributed by atoms with Gasteiger partial charge in [-0.1, -0.05) is 23.8 Å². The lowest BCUT2D eigenvalue weighted by molar-refractivity contribution is 0.262. The number of amides is 2. The van der Waals surface area contributed by atoms with E-state index in [1.807, 2.05) is 44.2 Å². The minimum absolute atomic E-state index is 0.0697. The van der Waals surface area contributed by atoms with Gasteiger partial charge >= 0.3 is 6.03 Å². The number of carbonyl (C=O) groups excluding carboxylic acids is 1. The highest BCUT2D eigenvalue weighted by molar-refractivity contribution is 6.00. The Bertz CT molecular complexity index is 1170. The molecule has 0 spiro atoms. The molecule has 4 rings (SSSR count). The molecule has 0 aliphatic rings. The van der Waals surface area contributed by atoms with Gasteiger partial charge in [-0.15, -0.1) is 0 Å². The highest BCUT2D eigenvalue weighted by Crippen LogP contribution is 2.27. The SMILES string of the molecule is Cc1ccc(NC(=O)Nc2ccc(-c3nc4cc(C)ccc4o3)cc2F)cc1. The average molecular weight is 375 g/mol. The summed E-state index contributed by atoms with van der Waals surface area (Å²) in [5, 5.41) is 5.18. The van der Waals surface area contributed by atoms with E-state index < -0.39 is 11.8 Å². The van der Waals surface area contributed by atoms with Crippen LogP contribution in [-0.4, -0.2) is 11.0 Å². The largest absolute Gasteiger partial charge is 0.436 e. The first-order valence-corrected chi connectivity index (χ1v) is 8.80. The lowest BCUT2D eigenvalue weighted by Crippen LogP contribution is -2.20. The Morgan fingerprint density at radius 2 is 1.68 bits per heavy atom.